The van der Waals surface area contributed by atoms with Crippen molar-refractivity contribution in [2.45, 2.75) is 33.9 Å². The molecule has 0 aliphatic rings. The molecule has 1 amide bonds. The number of nitrogens with one attached hydrogen (secondary N) is 1. The summed E-state index contributed by atoms with van der Waals surface area (Å²) in [5, 5.41) is 6.51. The van der Waals surface area contributed by atoms with Crippen LogP contribution in [0.1, 0.15) is 39.3 Å². The highest BCUT2D eigenvalue weighted by Crippen LogP contribution is 2.24. The van der Waals surface area contributed by atoms with Gasteiger partial charge in [-0.15, -0.1) is 0 Å². The van der Waals surface area contributed by atoms with Crippen LogP contribution in [0.4, 0.5) is 8.78 Å². The van der Waals surface area contributed by atoms with Gasteiger partial charge >= 0.3 is 6.55 Å². The number of pyridine rings is 1. The third-order valence-corrected chi connectivity index (χ3v) is 4.60. The van der Waals surface area contributed by atoms with Gasteiger partial charge in [0.15, 0.2) is 0 Å². The summed E-state index contributed by atoms with van der Waals surface area (Å²) in [6, 6.07) is 7.54. The van der Waals surface area contributed by atoms with Crippen molar-refractivity contribution >= 4 is 5.91 Å². The SMILES string of the molecule is Cc1cnc(C(=O)NCc2cccc(C)c2C)cc1-c1cnn(C(F)F)c1. The number of alkyl halides is 2. The molecule has 0 saturated carbocycles. The molecule has 0 aliphatic carbocycles. The highest BCUT2D eigenvalue weighted by molar-refractivity contribution is 5.93. The molecule has 0 bridgehead atoms. The van der Waals surface area contributed by atoms with E-state index in [9.17, 15) is 13.6 Å². The number of nitrogens with zero attached hydrogens (tertiary/aromatic N) is 3. The second-order valence-corrected chi connectivity index (χ2v) is 6.41. The van der Waals surface area contributed by atoms with E-state index in [2.05, 4.69) is 15.4 Å². The van der Waals surface area contributed by atoms with E-state index >= 15 is 0 Å². The average molecular weight is 370 g/mol. The predicted octanol–water partition coefficient (Wildman–Crippen LogP) is 4.20. The van der Waals surface area contributed by atoms with Gasteiger partial charge in [-0.25, -0.2) is 4.68 Å². The van der Waals surface area contributed by atoms with Crippen molar-refractivity contribution < 1.29 is 13.6 Å². The van der Waals surface area contributed by atoms with E-state index in [1.807, 2.05) is 32.0 Å². The molecular weight excluding hydrogens is 350 g/mol. The standard InChI is InChI=1S/C20H20F2N4O/c1-12-5-4-6-15(14(12)3)9-24-19(27)18-7-17(13(2)8-23-18)16-10-25-26(11-16)20(21)22/h4-8,10-11,20H,9H2,1-3H3,(H,24,27). The van der Waals surface area contributed by atoms with Gasteiger partial charge < -0.3 is 5.32 Å². The summed E-state index contributed by atoms with van der Waals surface area (Å²) in [7, 11) is 0. The Hall–Kier alpha value is -3.09. The molecule has 0 radical (unpaired) electrons. The second kappa shape index (κ2) is 7.65. The van der Waals surface area contributed by atoms with Crippen molar-refractivity contribution in [3.8, 4) is 11.1 Å². The van der Waals surface area contributed by atoms with Crippen LogP contribution >= 0.6 is 0 Å². The van der Waals surface area contributed by atoms with Gasteiger partial charge in [0.1, 0.15) is 5.69 Å². The number of hydrogen-bond donors (Lipinski definition) is 1. The fourth-order valence-corrected chi connectivity index (χ4v) is 2.81. The molecule has 7 heteroatoms. The van der Waals surface area contributed by atoms with Crippen LogP contribution in [0, 0.1) is 20.8 Å². The Kier molecular flexibility index (Phi) is 5.30. The van der Waals surface area contributed by atoms with Gasteiger partial charge in [-0.1, -0.05) is 18.2 Å². The van der Waals surface area contributed by atoms with E-state index in [1.165, 1.54) is 12.4 Å². The lowest BCUT2D eigenvalue weighted by molar-refractivity contribution is 0.0566. The number of aryl methyl sites for hydroxylation is 2. The summed E-state index contributed by atoms with van der Waals surface area (Å²) in [4.78, 5) is 16.7. The molecule has 0 aliphatic heterocycles. The first-order valence-electron chi connectivity index (χ1n) is 8.49. The summed E-state index contributed by atoms with van der Waals surface area (Å²) in [5.74, 6) is -0.321. The maximum Gasteiger partial charge on any atom is 0.333 e. The van der Waals surface area contributed by atoms with Crippen molar-refractivity contribution in [3.63, 3.8) is 0 Å². The first kappa shape index (κ1) is 18.7. The molecule has 3 aromatic rings. The second-order valence-electron chi connectivity index (χ2n) is 6.41. The van der Waals surface area contributed by atoms with E-state index < -0.39 is 6.55 Å². The number of carbonyl (C=O) groups is 1. The Morgan fingerprint density at radius 2 is 1.96 bits per heavy atom. The van der Waals surface area contributed by atoms with E-state index in [0.717, 1.165) is 22.3 Å². The van der Waals surface area contributed by atoms with E-state index in [-0.39, 0.29) is 11.6 Å². The highest BCUT2D eigenvalue weighted by atomic mass is 19.3. The summed E-state index contributed by atoms with van der Waals surface area (Å²) in [5.41, 5.74) is 5.49. The minimum atomic E-state index is -2.71. The van der Waals surface area contributed by atoms with Gasteiger partial charge in [0.25, 0.3) is 5.91 Å². The van der Waals surface area contributed by atoms with Crippen LogP contribution in [0.3, 0.4) is 0 Å². The molecule has 0 atom stereocenters. The molecule has 27 heavy (non-hydrogen) atoms. The zero-order chi connectivity index (χ0) is 19.6. The molecule has 2 heterocycles. The Morgan fingerprint density at radius 1 is 1.19 bits per heavy atom. The van der Waals surface area contributed by atoms with Crippen LogP contribution in [-0.2, 0) is 6.54 Å². The molecule has 0 fully saturated rings. The smallest absolute Gasteiger partial charge is 0.333 e. The van der Waals surface area contributed by atoms with Crippen LogP contribution in [0.25, 0.3) is 11.1 Å². The van der Waals surface area contributed by atoms with Crippen molar-refractivity contribution in [3.05, 3.63) is 70.8 Å². The normalized spacial score (nSPS) is 11.0. The van der Waals surface area contributed by atoms with E-state index in [0.29, 0.717) is 22.4 Å². The van der Waals surface area contributed by atoms with Crippen LogP contribution in [0.2, 0.25) is 0 Å². The molecule has 0 spiro atoms. The Morgan fingerprint density at radius 3 is 2.67 bits per heavy atom. The van der Waals surface area contributed by atoms with E-state index in [1.54, 1.807) is 19.2 Å². The Bertz CT molecular complexity index is 982. The molecule has 2 aromatic heterocycles. The number of benzene rings is 1. The van der Waals surface area contributed by atoms with Crippen LogP contribution < -0.4 is 5.32 Å². The summed E-state index contributed by atoms with van der Waals surface area (Å²) in [6.45, 7) is 3.52. The fraction of sp³-hybridized carbons (Fsp3) is 0.250. The Balaban J connectivity index is 1.80. The molecule has 0 saturated heterocycles. The van der Waals surface area contributed by atoms with Gasteiger partial charge in [-0.2, -0.15) is 13.9 Å². The molecular formula is C20H20F2N4O. The zero-order valence-electron chi connectivity index (χ0n) is 15.3. The topological polar surface area (TPSA) is 59.8 Å². The molecule has 3 rings (SSSR count). The fourth-order valence-electron chi connectivity index (χ4n) is 2.81. The lowest BCUT2D eigenvalue weighted by Gasteiger charge is -2.11. The lowest BCUT2D eigenvalue weighted by atomic mass is 10.0. The number of carbonyl (C=O) groups excluding carboxylic acids is 1. The van der Waals surface area contributed by atoms with Gasteiger partial charge in [0.05, 0.1) is 6.20 Å². The quantitative estimate of drug-likeness (QED) is 0.732. The van der Waals surface area contributed by atoms with Crippen molar-refractivity contribution in [2.24, 2.45) is 0 Å². The third kappa shape index (κ3) is 4.02. The minimum absolute atomic E-state index is 0.228. The molecule has 1 aromatic carbocycles. The number of rotatable bonds is 5. The van der Waals surface area contributed by atoms with Crippen molar-refractivity contribution in [1.29, 1.82) is 0 Å². The maximum absolute atomic E-state index is 12.8. The summed E-state index contributed by atoms with van der Waals surface area (Å²) < 4.78 is 26.1. The number of amides is 1. The minimum Gasteiger partial charge on any atom is -0.347 e. The highest BCUT2D eigenvalue weighted by Gasteiger charge is 2.14. The third-order valence-electron chi connectivity index (χ3n) is 4.60. The van der Waals surface area contributed by atoms with Crippen molar-refractivity contribution in [2.75, 3.05) is 0 Å². The van der Waals surface area contributed by atoms with Gasteiger partial charge in [0.2, 0.25) is 0 Å². The predicted molar refractivity (Wildman–Crippen MR) is 98.5 cm³/mol. The molecule has 1 N–H and O–H groups in total. The van der Waals surface area contributed by atoms with Gasteiger partial charge in [-0.05, 0) is 54.7 Å². The summed E-state index contributed by atoms with van der Waals surface area (Å²) in [6.07, 6.45) is 4.17. The Labute approximate surface area is 156 Å². The summed E-state index contributed by atoms with van der Waals surface area (Å²) >= 11 is 0. The largest absolute Gasteiger partial charge is 0.347 e. The zero-order valence-corrected chi connectivity index (χ0v) is 15.3. The van der Waals surface area contributed by atoms with Gasteiger partial charge in [0, 0.05) is 24.5 Å². The monoisotopic (exact) mass is 370 g/mol. The average Bonchev–Trinajstić information content (AvgIpc) is 3.13. The number of aromatic nitrogens is 3. The first-order chi connectivity index (χ1) is 12.9. The molecule has 0 unspecified atom stereocenters. The van der Waals surface area contributed by atoms with E-state index in [4.69, 9.17) is 0 Å². The number of halogens is 2. The van der Waals surface area contributed by atoms with Crippen molar-refractivity contribution in [1.82, 2.24) is 20.1 Å². The van der Waals surface area contributed by atoms with Crippen LogP contribution in [-0.4, -0.2) is 20.7 Å². The molecule has 5 nitrogen and oxygen atoms in total. The number of hydrogen-bond acceptors (Lipinski definition) is 3. The lowest BCUT2D eigenvalue weighted by Crippen LogP contribution is -2.24. The van der Waals surface area contributed by atoms with Gasteiger partial charge in [-0.3, -0.25) is 9.78 Å². The van der Waals surface area contributed by atoms with Crippen LogP contribution in [0.15, 0.2) is 42.9 Å². The van der Waals surface area contributed by atoms with Crippen LogP contribution in [0.5, 0.6) is 0 Å². The maximum atomic E-state index is 12.8. The first-order valence-corrected chi connectivity index (χ1v) is 8.49. The molecule has 140 valence electrons.